The first-order chi connectivity index (χ1) is 7.58. The molecule has 0 aliphatic rings. The highest BCUT2D eigenvalue weighted by atomic mass is 19.1. The fourth-order valence-electron chi connectivity index (χ4n) is 1.37. The molecular weight excluding hydrogens is 207 g/mol. The molecule has 3 nitrogen and oxygen atoms in total. The monoisotopic (exact) mass is 220 g/mol. The SMILES string of the molecule is Cc1ccc(-c2nnc(C(C)C)o2)c(F)c1. The summed E-state index contributed by atoms with van der Waals surface area (Å²) in [5.74, 6) is 0.574. The summed E-state index contributed by atoms with van der Waals surface area (Å²) in [5, 5.41) is 7.71. The maximum atomic E-state index is 13.6. The van der Waals surface area contributed by atoms with E-state index in [9.17, 15) is 4.39 Å². The summed E-state index contributed by atoms with van der Waals surface area (Å²) in [6, 6.07) is 4.93. The Labute approximate surface area is 93.3 Å². The summed E-state index contributed by atoms with van der Waals surface area (Å²) < 4.78 is 19.0. The molecule has 0 N–H and O–H groups in total. The van der Waals surface area contributed by atoms with E-state index in [0.29, 0.717) is 11.5 Å². The second-order valence-electron chi connectivity index (χ2n) is 4.08. The van der Waals surface area contributed by atoms with Crippen molar-refractivity contribution < 1.29 is 8.81 Å². The zero-order valence-electron chi connectivity index (χ0n) is 9.49. The number of aromatic nitrogens is 2. The molecule has 0 fully saturated rings. The van der Waals surface area contributed by atoms with Crippen LogP contribution in [0, 0.1) is 12.7 Å². The summed E-state index contributed by atoms with van der Waals surface area (Å²) in [5.41, 5.74) is 1.22. The predicted molar refractivity (Wildman–Crippen MR) is 58.5 cm³/mol. The van der Waals surface area contributed by atoms with Crippen LogP contribution in [0.1, 0.15) is 31.2 Å². The third-order valence-electron chi connectivity index (χ3n) is 2.29. The van der Waals surface area contributed by atoms with E-state index < -0.39 is 0 Å². The van der Waals surface area contributed by atoms with Gasteiger partial charge in [0.1, 0.15) is 5.82 Å². The van der Waals surface area contributed by atoms with Crippen molar-refractivity contribution >= 4 is 0 Å². The predicted octanol–water partition coefficient (Wildman–Crippen LogP) is 3.31. The molecule has 0 spiro atoms. The van der Waals surface area contributed by atoms with Gasteiger partial charge in [0.2, 0.25) is 5.89 Å². The van der Waals surface area contributed by atoms with Crippen molar-refractivity contribution in [1.82, 2.24) is 10.2 Å². The molecule has 84 valence electrons. The number of halogens is 1. The first-order valence-corrected chi connectivity index (χ1v) is 5.18. The molecule has 0 radical (unpaired) electrons. The molecule has 4 heteroatoms. The Hall–Kier alpha value is -1.71. The molecule has 0 bridgehead atoms. The standard InChI is InChI=1S/C12H13FN2O/c1-7(2)11-14-15-12(16-11)9-5-4-8(3)6-10(9)13/h4-7H,1-3H3. The Morgan fingerprint density at radius 1 is 1.25 bits per heavy atom. The summed E-state index contributed by atoms with van der Waals surface area (Å²) in [6.45, 7) is 5.73. The highest BCUT2D eigenvalue weighted by molar-refractivity contribution is 5.54. The number of aryl methyl sites for hydroxylation is 1. The molecule has 16 heavy (non-hydrogen) atoms. The molecule has 0 amide bonds. The fraction of sp³-hybridized carbons (Fsp3) is 0.333. The topological polar surface area (TPSA) is 38.9 Å². The Bertz CT molecular complexity index is 505. The highest BCUT2D eigenvalue weighted by Crippen LogP contribution is 2.24. The summed E-state index contributed by atoms with van der Waals surface area (Å²) in [4.78, 5) is 0. The van der Waals surface area contributed by atoms with Crippen LogP contribution in [0.5, 0.6) is 0 Å². The lowest BCUT2D eigenvalue weighted by molar-refractivity contribution is 0.478. The Kier molecular flexibility index (Phi) is 2.73. The second-order valence-corrected chi connectivity index (χ2v) is 4.08. The van der Waals surface area contributed by atoms with E-state index in [1.54, 1.807) is 6.07 Å². The first kappa shape index (κ1) is 10.8. The van der Waals surface area contributed by atoms with Crippen LogP contribution in [0.15, 0.2) is 22.6 Å². The van der Waals surface area contributed by atoms with E-state index in [1.807, 2.05) is 26.8 Å². The van der Waals surface area contributed by atoms with Crippen molar-refractivity contribution in [3.05, 3.63) is 35.5 Å². The molecule has 0 unspecified atom stereocenters. The molecular formula is C12H13FN2O. The zero-order chi connectivity index (χ0) is 11.7. The van der Waals surface area contributed by atoms with Gasteiger partial charge in [0, 0.05) is 5.92 Å². The Balaban J connectivity index is 2.42. The van der Waals surface area contributed by atoms with Crippen LogP contribution in [0.25, 0.3) is 11.5 Å². The second kappa shape index (κ2) is 4.04. The molecule has 0 atom stereocenters. The summed E-state index contributed by atoms with van der Waals surface area (Å²) in [6.07, 6.45) is 0. The minimum atomic E-state index is -0.334. The van der Waals surface area contributed by atoms with Crippen molar-refractivity contribution in [3.63, 3.8) is 0 Å². The van der Waals surface area contributed by atoms with Gasteiger partial charge in [-0.15, -0.1) is 10.2 Å². The lowest BCUT2D eigenvalue weighted by Crippen LogP contribution is -1.85. The van der Waals surface area contributed by atoms with E-state index in [4.69, 9.17) is 4.42 Å². The number of rotatable bonds is 2. The lowest BCUT2D eigenvalue weighted by Gasteiger charge is -1.99. The van der Waals surface area contributed by atoms with Gasteiger partial charge < -0.3 is 4.42 Å². The van der Waals surface area contributed by atoms with Crippen LogP contribution in [0.4, 0.5) is 4.39 Å². The van der Waals surface area contributed by atoms with Crippen molar-refractivity contribution in [2.75, 3.05) is 0 Å². The van der Waals surface area contributed by atoms with Crippen LogP contribution in [-0.2, 0) is 0 Å². The number of benzene rings is 1. The maximum Gasteiger partial charge on any atom is 0.250 e. The highest BCUT2D eigenvalue weighted by Gasteiger charge is 2.14. The minimum Gasteiger partial charge on any atom is -0.420 e. The van der Waals surface area contributed by atoms with E-state index in [2.05, 4.69) is 10.2 Å². The average Bonchev–Trinajstić information content (AvgIpc) is 2.66. The Morgan fingerprint density at radius 3 is 2.56 bits per heavy atom. The van der Waals surface area contributed by atoms with E-state index in [1.165, 1.54) is 6.07 Å². The van der Waals surface area contributed by atoms with Gasteiger partial charge in [0.15, 0.2) is 0 Å². The Morgan fingerprint density at radius 2 is 2.00 bits per heavy atom. The van der Waals surface area contributed by atoms with Crippen molar-refractivity contribution in [2.24, 2.45) is 0 Å². The molecule has 2 aromatic rings. The van der Waals surface area contributed by atoms with Gasteiger partial charge >= 0.3 is 0 Å². The third kappa shape index (κ3) is 1.96. The molecule has 0 aliphatic heterocycles. The zero-order valence-corrected chi connectivity index (χ0v) is 9.49. The summed E-state index contributed by atoms with van der Waals surface area (Å²) in [7, 11) is 0. The normalized spacial score (nSPS) is 11.1. The van der Waals surface area contributed by atoms with Crippen molar-refractivity contribution in [1.29, 1.82) is 0 Å². The van der Waals surface area contributed by atoms with Crippen LogP contribution in [0.2, 0.25) is 0 Å². The third-order valence-corrected chi connectivity index (χ3v) is 2.29. The lowest BCUT2D eigenvalue weighted by atomic mass is 10.1. The van der Waals surface area contributed by atoms with Gasteiger partial charge in [0.25, 0.3) is 5.89 Å². The number of nitrogens with zero attached hydrogens (tertiary/aromatic N) is 2. The van der Waals surface area contributed by atoms with Crippen molar-refractivity contribution in [2.45, 2.75) is 26.7 Å². The van der Waals surface area contributed by atoms with Gasteiger partial charge in [-0.3, -0.25) is 0 Å². The first-order valence-electron chi connectivity index (χ1n) is 5.18. The molecule has 1 aromatic heterocycles. The molecule has 0 saturated carbocycles. The largest absolute Gasteiger partial charge is 0.420 e. The van der Waals surface area contributed by atoms with Crippen LogP contribution >= 0.6 is 0 Å². The summed E-state index contributed by atoms with van der Waals surface area (Å²) >= 11 is 0. The number of hydrogen-bond donors (Lipinski definition) is 0. The molecule has 1 heterocycles. The van der Waals surface area contributed by atoms with Crippen LogP contribution < -0.4 is 0 Å². The maximum absolute atomic E-state index is 13.6. The smallest absolute Gasteiger partial charge is 0.250 e. The van der Waals surface area contributed by atoms with Gasteiger partial charge in [-0.05, 0) is 24.6 Å². The van der Waals surface area contributed by atoms with Crippen LogP contribution in [-0.4, -0.2) is 10.2 Å². The van der Waals surface area contributed by atoms with Gasteiger partial charge in [0.05, 0.1) is 5.56 Å². The molecule has 0 aliphatic carbocycles. The molecule has 0 saturated heterocycles. The number of hydrogen-bond acceptors (Lipinski definition) is 3. The van der Waals surface area contributed by atoms with Crippen LogP contribution in [0.3, 0.4) is 0 Å². The fourth-order valence-corrected chi connectivity index (χ4v) is 1.37. The van der Waals surface area contributed by atoms with Gasteiger partial charge in [-0.1, -0.05) is 19.9 Å². The minimum absolute atomic E-state index is 0.148. The molecule has 1 aromatic carbocycles. The van der Waals surface area contributed by atoms with E-state index in [0.717, 1.165) is 5.56 Å². The molecule has 2 rings (SSSR count). The van der Waals surface area contributed by atoms with Gasteiger partial charge in [-0.25, -0.2) is 4.39 Å². The van der Waals surface area contributed by atoms with Gasteiger partial charge in [-0.2, -0.15) is 0 Å². The van der Waals surface area contributed by atoms with Crippen molar-refractivity contribution in [3.8, 4) is 11.5 Å². The quantitative estimate of drug-likeness (QED) is 0.779. The van der Waals surface area contributed by atoms with E-state index in [-0.39, 0.29) is 17.6 Å². The average molecular weight is 220 g/mol. The van der Waals surface area contributed by atoms with E-state index >= 15 is 0 Å².